The Kier molecular flexibility index (Phi) is 1.98. The third kappa shape index (κ3) is 1.10. The van der Waals surface area contributed by atoms with Crippen molar-refractivity contribution >= 4 is 11.8 Å². The Bertz CT molecular complexity index is 352. The number of cyclic esters (lactones) is 1. The number of ether oxygens (including phenoxy) is 1. The van der Waals surface area contributed by atoms with Gasteiger partial charge in [0.25, 0.3) is 0 Å². The van der Waals surface area contributed by atoms with E-state index in [4.69, 9.17) is 9.15 Å². The summed E-state index contributed by atoms with van der Waals surface area (Å²) in [6, 6.07) is 0. The molecule has 0 radical (unpaired) electrons. The van der Waals surface area contributed by atoms with Gasteiger partial charge in [0.05, 0.1) is 17.5 Å². The Morgan fingerprint density at radius 2 is 2.07 bits per heavy atom. The lowest BCUT2D eigenvalue weighted by Gasteiger charge is -2.34. The largest absolute Gasteiger partial charge is 0.470 e. The molecule has 0 fully saturated rings. The maximum absolute atomic E-state index is 11.3. The van der Waals surface area contributed by atoms with Crippen molar-refractivity contribution in [2.75, 3.05) is 5.32 Å². The standard InChI is InChI=1S/C10H13NO3/c1-3-10(4-2)7-5-13-6-8(7)11-9(12)14-10/h5-6H,3-4H2,1-2H3,(H,11,12). The third-order valence-electron chi connectivity index (χ3n) is 2.82. The van der Waals surface area contributed by atoms with Crippen molar-refractivity contribution in [2.45, 2.75) is 32.3 Å². The van der Waals surface area contributed by atoms with Gasteiger partial charge in [-0.1, -0.05) is 13.8 Å². The normalized spacial score (nSPS) is 18.3. The highest BCUT2D eigenvalue weighted by Gasteiger charge is 2.40. The molecule has 1 aliphatic rings. The number of carbonyl (C=O) groups is 1. The van der Waals surface area contributed by atoms with Crippen LogP contribution in [0.5, 0.6) is 0 Å². The highest BCUT2D eigenvalue weighted by molar-refractivity contribution is 5.88. The van der Waals surface area contributed by atoms with Crippen LogP contribution in [0.2, 0.25) is 0 Å². The van der Waals surface area contributed by atoms with Crippen LogP contribution in [-0.4, -0.2) is 6.09 Å². The van der Waals surface area contributed by atoms with E-state index in [9.17, 15) is 4.79 Å². The van der Waals surface area contributed by atoms with Crippen molar-refractivity contribution in [1.29, 1.82) is 0 Å². The first-order valence-electron chi connectivity index (χ1n) is 4.78. The molecule has 1 amide bonds. The zero-order valence-electron chi connectivity index (χ0n) is 8.29. The Morgan fingerprint density at radius 3 is 2.71 bits per heavy atom. The minimum atomic E-state index is -0.509. The van der Waals surface area contributed by atoms with Crippen molar-refractivity contribution in [2.24, 2.45) is 0 Å². The minimum Gasteiger partial charge on any atom is -0.470 e. The van der Waals surface area contributed by atoms with Gasteiger partial charge in [-0.3, -0.25) is 5.32 Å². The number of rotatable bonds is 2. The Hall–Kier alpha value is -1.45. The molecule has 1 aromatic heterocycles. The summed E-state index contributed by atoms with van der Waals surface area (Å²) in [5.74, 6) is 0. The fourth-order valence-corrected chi connectivity index (χ4v) is 1.89. The molecule has 1 N–H and O–H groups in total. The van der Waals surface area contributed by atoms with E-state index in [-0.39, 0.29) is 0 Å². The van der Waals surface area contributed by atoms with Gasteiger partial charge in [-0.2, -0.15) is 0 Å². The molecule has 14 heavy (non-hydrogen) atoms. The van der Waals surface area contributed by atoms with Crippen LogP contribution >= 0.6 is 0 Å². The highest BCUT2D eigenvalue weighted by atomic mass is 16.6. The molecule has 4 nitrogen and oxygen atoms in total. The second kappa shape index (κ2) is 3.04. The molecule has 0 spiro atoms. The van der Waals surface area contributed by atoms with Gasteiger partial charge in [0, 0.05) is 0 Å². The van der Waals surface area contributed by atoms with Crippen LogP contribution in [0.1, 0.15) is 32.3 Å². The molecule has 0 aromatic carbocycles. The monoisotopic (exact) mass is 195 g/mol. The van der Waals surface area contributed by atoms with Crippen LogP contribution in [-0.2, 0) is 10.3 Å². The quantitative estimate of drug-likeness (QED) is 0.789. The summed E-state index contributed by atoms with van der Waals surface area (Å²) in [4.78, 5) is 11.3. The second-order valence-electron chi connectivity index (χ2n) is 3.42. The number of carbonyl (C=O) groups excluding carboxylic acids is 1. The van der Waals surface area contributed by atoms with Crippen molar-refractivity contribution in [3.63, 3.8) is 0 Å². The first kappa shape index (κ1) is 9.12. The average Bonchev–Trinajstić information content (AvgIpc) is 2.64. The lowest BCUT2D eigenvalue weighted by Crippen LogP contribution is -2.37. The van der Waals surface area contributed by atoms with E-state index in [2.05, 4.69) is 5.32 Å². The summed E-state index contributed by atoms with van der Waals surface area (Å²) >= 11 is 0. The number of fused-ring (bicyclic) bond motifs is 1. The molecule has 0 unspecified atom stereocenters. The van der Waals surface area contributed by atoms with Crippen molar-refractivity contribution in [3.8, 4) is 0 Å². The summed E-state index contributed by atoms with van der Waals surface area (Å²) in [6.45, 7) is 4.00. The Morgan fingerprint density at radius 1 is 1.36 bits per heavy atom. The summed E-state index contributed by atoms with van der Waals surface area (Å²) in [5, 5.41) is 2.61. The van der Waals surface area contributed by atoms with Gasteiger partial charge < -0.3 is 9.15 Å². The average molecular weight is 195 g/mol. The maximum atomic E-state index is 11.3. The molecule has 0 bridgehead atoms. The van der Waals surface area contributed by atoms with Gasteiger partial charge in [-0.15, -0.1) is 0 Å². The Labute approximate surface area is 82.2 Å². The van der Waals surface area contributed by atoms with E-state index in [1.54, 1.807) is 6.26 Å². The molecule has 0 atom stereocenters. The molecular formula is C10H13NO3. The van der Waals surface area contributed by atoms with E-state index >= 15 is 0 Å². The SMILES string of the molecule is CCC1(CC)OC(=O)Nc2cocc21. The number of nitrogens with one attached hydrogen (secondary N) is 1. The molecule has 0 saturated carbocycles. The zero-order chi connectivity index (χ0) is 10.2. The first-order chi connectivity index (χ1) is 6.72. The van der Waals surface area contributed by atoms with Crippen LogP contribution in [0.25, 0.3) is 0 Å². The van der Waals surface area contributed by atoms with E-state index in [0.717, 1.165) is 24.1 Å². The van der Waals surface area contributed by atoms with Crippen LogP contribution < -0.4 is 5.32 Å². The summed E-state index contributed by atoms with van der Waals surface area (Å²) in [6.07, 6.45) is 4.28. The fourth-order valence-electron chi connectivity index (χ4n) is 1.89. The van der Waals surface area contributed by atoms with E-state index in [0.29, 0.717) is 0 Å². The van der Waals surface area contributed by atoms with Gasteiger partial charge in [0.1, 0.15) is 11.9 Å². The van der Waals surface area contributed by atoms with E-state index < -0.39 is 11.7 Å². The second-order valence-corrected chi connectivity index (χ2v) is 3.42. The lowest BCUT2D eigenvalue weighted by atomic mass is 9.88. The predicted molar refractivity (Wildman–Crippen MR) is 51.1 cm³/mol. The summed E-state index contributed by atoms with van der Waals surface area (Å²) in [7, 11) is 0. The van der Waals surface area contributed by atoms with Gasteiger partial charge in [-0.25, -0.2) is 4.79 Å². The molecular weight excluding hydrogens is 182 g/mol. The topological polar surface area (TPSA) is 51.5 Å². The van der Waals surface area contributed by atoms with Gasteiger partial charge in [0.2, 0.25) is 0 Å². The number of furan rings is 1. The number of anilines is 1. The third-order valence-corrected chi connectivity index (χ3v) is 2.82. The smallest absolute Gasteiger partial charge is 0.412 e. The lowest BCUT2D eigenvalue weighted by molar-refractivity contribution is 0.00453. The van der Waals surface area contributed by atoms with Crippen molar-refractivity contribution in [3.05, 3.63) is 18.1 Å². The molecule has 2 rings (SSSR count). The van der Waals surface area contributed by atoms with Crippen LogP contribution in [0.4, 0.5) is 10.5 Å². The van der Waals surface area contributed by atoms with Crippen LogP contribution in [0.3, 0.4) is 0 Å². The molecule has 1 aliphatic heterocycles. The van der Waals surface area contributed by atoms with Crippen molar-refractivity contribution < 1.29 is 13.9 Å². The summed E-state index contributed by atoms with van der Waals surface area (Å²) < 4.78 is 10.4. The van der Waals surface area contributed by atoms with Gasteiger partial charge >= 0.3 is 6.09 Å². The molecule has 0 aliphatic carbocycles. The fraction of sp³-hybridized carbons (Fsp3) is 0.500. The first-order valence-corrected chi connectivity index (χ1v) is 4.78. The molecule has 1 aromatic rings. The maximum Gasteiger partial charge on any atom is 0.412 e. The number of hydrogen-bond donors (Lipinski definition) is 1. The van der Waals surface area contributed by atoms with E-state index in [1.165, 1.54) is 6.26 Å². The molecule has 76 valence electrons. The van der Waals surface area contributed by atoms with Gasteiger partial charge in [0.15, 0.2) is 0 Å². The van der Waals surface area contributed by atoms with Crippen molar-refractivity contribution in [1.82, 2.24) is 0 Å². The van der Waals surface area contributed by atoms with Crippen LogP contribution in [0, 0.1) is 0 Å². The zero-order valence-corrected chi connectivity index (χ0v) is 8.29. The minimum absolute atomic E-state index is 0.400. The molecule has 2 heterocycles. The predicted octanol–water partition coefficient (Wildman–Crippen LogP) is 2.86. The molecule has 0 saturated heterocycles. The van der Waals surface area contributed by atoms with Gasteiger partial charge in [-0.05, 0) is 12.8 Å². The Balaban J connectivity index is 2.50. The number of amides is 1. The van der Waals surface area contributed by atoms with Crippen LogP contribution in [0.15, 0.2) is 16.9 Å². The number of hydrogen-bond acceptors (Lipinski definition) is 3. The highest BCUT2D eigenvalue weighted by Crippen LogP contribution is 2.41. The molecule has 4 heteroatoms. The summed E-state index contributed by atoms with van der Waals surface area (Å²) in [5.41, 5.74) is 1.15. The van der Waals surface area contributed by atoms with E-state index in [1.807, 2.05) is 13.8 Å².